The molecule has 1 unspecified atom stereocenters. The summed E-state index contributed by atoms with van der Waals surface area (Å²) in [7, 11) is 0. The van der Waals surface area contributed by atoms with Gasteiger partial charge in [-0.2, -0.15) is 0 Å². The molecule has 0 aliphatic heterocycles. The Morgan fingerprint density at radius 1 is 0.545 bits per heavy atom. The minimum absolute atomic E-state index is 0.500. The zero-order valence-corrected chi connectivity index (χ0v) is 42.3. The molecule has 0 N–H and O–H groups in total. The zero-order valence-electron chi connectivity index (χ0n) is 42.3. The molecule has 0 heterocycles. The predicted octanol–water partition coefficient (Wildman–Crippen LogP) is 19.8. The third kappa shape index (κ3) is 66.1. The van der Waals surface area contributed by atoms with E-state index < -0.39 is 0 Å². The monoisotopic (exact) mass is 763 g/mol. The van der Waals surface area contributed by atoms with Crippen molar-refractivity contribution in [1.29, 1.82) is 0 Å². The largest absolute Gasteiger partial charge is 0.106 e. The second kappa shape index (κ2) is 53.0. The summed E-state index contributed by atoms with van der Waals surface area (Å²) in [5.41, 5.74) is 12.7. The summed E-state index contributed by atoms with van der Waals surface area (Å²) in [6.45, 7) is 64.0. The molecule has 0 saturated heterocycles. The Balaban J connectivity index is -0.0000000792. The first-order chi connectivity index (χ1) is 25.8. The number of unbranched alkanes of at least 4 members (excludes halogenated alkanes) is 1. The van der Waals surface area contributed by atoms with E-state index in [-0.39, 0.29) is 0 Å². The molecule has 0 bridgehead atoms. The van der Waals surface area contributed by atoms with Gasteiger partial charge in [0.05, 0.1) is 0 Å². The first-order valence-electron chi connectivity index (χ1n) is 21.8. The Kier molecular flexibility index (Phi) is 67.2. The fourth-order valence-electron chi connectivity index (χ4n) is 3.59. The molecule has 1 atom stereocenters. The summed E-state index contributed by atoms with van der Waals surface area (Å²) >= 11 is 0. The van der Waals surface area contributed by atoms with E-state index in [9.17, 15) is 0 Å². The summed E-state index contributed by atoms with van der Waals surface area (Å²) in [4.78, 5) is 0. The van der Waals surface area contributed by atoms with Crippen molar-refractivity contribution in [2.75, 3.05) is 0 Å². The van der Waals surface area contributed by atoms with Crippen molar-refractivity contribution in [1.82, 2.24) is 0 Å². The quantitative estimate of drug-likeness (QED) is 0.166. The Hall–Kier alpha value is -3.12. The Morgan fingerprint density at radius 2 is 0.909 bits per heavy atom. The lowest BCUT2D eigenvalue weighted by Gasteiger charge is -2.09. The topological polar surface area (TPSA) is 0 Å². The van der Waals surface area contributed by atoms with Crippen molar-refractivity contribution in [2.45, 2.75) is 198 Å². The van der Waals surface area contributed by atoms with Crippen LogP contribution < -0.4 is 0 Å². The van der Waals surface area contributed by atoms with Gasteiger partial charge in [-0.05, 0) is 109 Å². The summed E-state index contributed by atoms with van der Waals surface area (Å²) < 4.78 is 0. The minimum atomic E-state index is 0.500. The number of hydrogen-bond acceptors (Lipinski definition) is 0. The number of benzene rings is 3. The average molecular weight is 763 g/mol. The second-order valence-electron chi connectivity index (χ2n) is 14.0. The van der Waals surface area contributed by atoms with Crippen LogP contribution in [-0.2, 0) is 6.42 Å². The van der Waals surface area contributed by atoms with Gasteiger partial charge in [0.25, 0.3) is 0 Å². The van der Waals surface area contributed by atoms with Crippen LogP contribution in [0.5, 0.6) is 0 Å². The van der Waals surface area contributed by atoms with Gasteiger partial charge in [0.15, 0.2) is 0 Å². The third-order valence-corrected chi connectivity index (χ3v) is 6.70. The molecule has 0 amide bonds. The van der Waals surface area contributed by atoms with Crippen molar-refractivity contribution in [3.8, 4) is 0 Å². The molecule has 0 fully saturated rings. The van der Waals surface area contributed by atoms with Crippen molar-refractivity contribution in [3.63, 3.8) is 0 Å². The summed E-state index contributed by atoms with van der Waals surface area (Å²) in [5.74, 6) is 0.690. The van der Waals surface area contributed by atoms with Gasteiger partial charge in [-0.25, -0.2) is 0 Å². The third-order valence-electron chi connectivity index (χ3n) is 6.70. The van der Waals surface area contributed by atoms with E-state index in [1.807, 2.05) is 69.2 Å². The van der Waals surface area contributed by atoms with Gasteiger partial charge >= 0.3 is 0 Å². The average Bonchev–Trinajstić information content (AvgIpc) is 3.17. The first kappa shape index (κ1) is 69.8. The van der Waals surface area contributed by atoms with Crippen molar-refractivity contribution in [3.05, 3.63) is 143 Å². The highest BCUT2D eigenvalue weighted by Crippen LogP contribution is 2.17. The predicted molar refractivity (Wildman–Crippen MR) is 268 cm³/mol. The molecule has 0 radical (unpaired) electrons. The lowest BCUT2D eigenvalue weighted by molar-refractivity contribution is 0.469. The molecule has 0 aliphatic carbocycles. The van der Waals surface area contributed by atoms with E-state index in [1.54, 1.807) is 0 Å². The maximum atomic E-state index is 3.95. The highest BCUT2D eigenvalue weighted by atomic mass is 14.1. The van der Waals surface area contributed by atoms with Gasteiger partial charge in [0.1, 0.15) is 0 Å². The number of rotatable bonds is 7. The molecule has 0 spiro atoms. The maximum absolute atomic E-state index is 3.95. The van der Waals surface area contributed by atoms with Crippen molar-refractivity contribution < 1.29 is 0 Å². The molecule has 0 saturated carbocycles. The van der Waals surface area contributed by atoms with Crippen LogP contribution >= 0.6 is 0 Å². The standard InChI is InChI=1S/C12H22.C10H14.2C8H10.C5H12.5C2H6.C2H4/c1-10(2)8-6-7-9-12(5)11(3)4;1-4-10-6-5-8(2)9(3)7-10;1-7-3-5-8(2)6-4-7;1-7-4-3-5-8(2)6-7;1-5(2,3)4;6*1-2/h12H,1,3,6-9H2,2,4-5H3;5-7H,4H2,1-3H3;2*3-6H,1-2H3;1-4H3;5*1-2H3;1-2H2. The summed E-state index contributed by atoms with van der Waals surface area (Å²) in [6.07, 6.45) is 6.19. The molecule has 0 aromatic heterocycles. The minimum Gasteiger partial charge on any atom is -0.106 e. The van der Waals surface area contributed by atoms with Crippen LogP contribution in [0.1, 0.15) is 189 Å². The van der Waals surface area contributed by atoms with E-state index in [0.717, 1.165) is 6.42 Å². The Morgan fingerprint density at radius 3 is 1.16 bits per heavy atom. The van der Waals surface area contributed by atoms with Gasteiger partial charge < -0.3 is 0 Å². The SMILES string of the molecule is C=C.C=C(C)CCCCC(C)C(=C)C.CC.CC.CC.CC.CC.CC(C)(C)C.CCc1ccc(C)c(C)c1.Cc1ccc(C)cc1.Cc1cccc(C)c1. The number of allylic oxidation sites excluding steroid dienone is 2. The maximum Gasteiger partial charge on any atom is -0.0237 e. The molecule has 0 nitrogen and oxygen atoms in total. The van der Waals surface area contributed by atoms with Crippen LogP contribution in [0.2, 0.25) is 0 Å². The fourth-order valence-corrected chi connectivity index (χ4v) is 3.59. The molecule has 3 aromatic carbocycles. The van der Waals surface area contributed by atoms with Crippen LogP contribution in [0.3, 0.4) is 0 Å². The Labute approximate surface area is 351 Å². The zero-order chi connectivity index (χ0) is 45.6. The summed E-state index contributed by atoms with van der Waals surface area (Å²) in [5, 5.41) is 0. The molecule has 0 aliphatic rings. The number of hydrogen-bond donors (Lipinski definition) is 0. The van der Waals surface area contributed by atoms with Crippen LogP contribution in [-0.4, -0.2) is 0 Å². The van der Waals surface area contributed by atoms with Crippen LogP contribution in [0.4, 0.5) is 0 Å². The molecule has 55 heavy (non-hydrogen) atoms. The summed E-state index contributed by atoms with van der Waals surface area (Å²) in [6, 6.07) is 23.6. The van der Waals surface area contributed by atoms with E-state index in [2.05, 4.69) is 190 Å². The normalized spacial score (nSPS) is 8.95. The fraction of sp³-hybridized carbons (Fsp3) is 0.564. The molecule has 3 rings (SSSR count). The van der Waals surface area contributed by atoms with E-state index in [1.165, 1.54) is 75.8 Å². The highest BCUT2D eigenvalue weighted by Gasteiger charge is 2.01. The smallest absolute Gasteiger partial charge is 0.0237 e. The molecular formula is C55H102. The lowest BCUT2D eigenvalue weighted by Crippen LogP contribution is -1.94. The van der Waals surface area contributed by atoms with Crippen LogP contribution in [0.25, 0.3) is 0 Å². The van der Waals surface area contributed by atoms with Crippen LogP contribution in [0.15, 0.2) is 104 Å². The highest BCUT2D eigenvalue weighted by molar-refractivity contribution is 5.29. The van der Waals surface area contributed by atoms with Crippen molar-refractivity contribution >= 4 is 0 Å². The molecule has 0 heteroatoms. The van der Waals surface area contributed by atoms with E-state index in [4.69, 9.17) is 0 Å². The van der Waals surface area contributed by atoms with Gasteiger partial charge in [-0.1, -0.05) is 224 Å². The van der Waals surface area contributed by atoms with Gasteiger partial charge in [-0.3, -0.25) is 0 Å². The van der Waals surface area contributed by atoms with E-state index in [0.29, 0.717) is 11.3 Å². The van der Waals surface area contributed by atoms with Crippen molar-refractivity contribution in [2.24, 2.45) is 11.3 Å². The van der Waals surface area contributed by atoms with Gasteiger partial charge in [0, 0.05) is 0 Å². The van der Waals surface area contributed by atoms with E-state index >= 15 is 0 Å². The van der Waals surface area contributed by atoms with Gasteiger partial charge in [0.2, 0.25) is 0 Å². The molecular weight excluding hydrogens is 661 g/mol. The first-order valence-corrected chi connectivity index (χ1v) is 21.8. The lowest BCUT2D eigenvalue weighted by atomic mass is 9.96. The Bertz CT molecular complexity index is 1120. The number of aryl methyl sites for hydroxylation is 7. The molecule has 322 valence electrons. The second-order valence-corrected chi connectivity index (χ2v) is 14.0. The van der Waals surface area contributed by atoms with Crippen LogP contribution in [0, 0.1) is 52.9 Å². The molecule has 3 aromatic rings. The van der Waals surface area contributed by atoms with Gasteiger partial charge in [-0.15, -0.1) is 19.7 Å².